The number of hydrogen-bond donors (Lipinski definition) is 0. The molecule has 0 atom stereocenters. The van der Waals surface area contributed by atoms with E-state index in [1.165, 1.54) is 0 Å². The Kier molecular flexibility index (Phi) is 6.30. The lowest BCUT2D eigenvalue weighted by Crippen LogP contribution is -2.35. The molecule has 0 radical (unpaired) electrons. The largest absolute Gasteiger partial charge is 0.253 e. The van der Waals surface area contributed by atoms with Gasteiger partial charge in [-0.25, -0.2) is 8.78 Å². The van der Waals surface area contributed by atoms with Gasteiger partial charge in [0.15, 0.2) is 0 Å². The quantitative estimate of drug-likeness (QED) is 0.603. The van der Waals surface area contributed by atoms with Gasteiger partial charge in [0, 0.05) is 11.8 Å². The molecular formula is C12H24F2. The minimum atomic E-state index is -2.43. The van der Waals surface area contributed by atoms with Crippen molar-refractivity contribution in [2.75, 3.05) is 0 Å². The molecule has 86 valence electrons. The maximum atomic E-state index is 13.4. The molecule has 0 unspecified atom stereocenters. The molecule has 0 bridgehead atoms. The first kappa shape index (κ1) is 13.9. The van der Waals surface area contributed by atoms with E-state index in [1.807, 2.05) is 13.8 Å². The lowest BCUT2D eigenvalue weighted by molar-refractivity contribution is -0.108. The Hall–Kier alpha value is -0.140. The average Bonchev–Trinajstić information content (AvgIpc) is 2.22. The van der Waals surface area contributed by atoms with E-state index >= 15 is 0 Å². The molecule has 0 aromatic carbocycles. The van der Waals surface area contributed by atoms with Crippen LogP contribution in [-0.2, 0) is 0 Å². The fourth-order valence-electron chi connectivity index (χ4n) is 1.96. The second kappa shape index (κ2) is 6.36. The predicted molar refractivity (Wildman–Crippen MR) is 57.7 cm³/mol. The summed E-state index contributed by atoms with van der Waals surface area (Å²) in [6.45, 7) is 7.24. The summed E-state index contributed by atoms with van der Waals surface area (Å²) in [5.74, 6) is -3.27. The second-order valence-electron chi connectivity index (χ2n) is 4.16. The summed E-state index contributed by atoms with van der Waals surface area (Å²) in [4.78, 5) is 0. The summed E-state index contributed by atoms with van der Waals surface area (Å²) in [5, 5.41) is 0. The fraction of sp³-hybridized carbons (Fsp3) is 1.00. The van der Waals surface area contributed by atoms with Gasteiger partial charge >= 0.3 is 0 Å². The van der Waals surface area contributed by atoms with Crippen molar-refractivity contribution in [1.29, 1.82) is 0 Å². The van der Waals surface area contributed by atoms with Gasteiger partial charge in [-0.3, -0.25) is 0 Å². The number of halogens is 2. The Morgan fingerprint density at radius 1 is 1.00 bits per heavy atom. The van der Waals surface area contributed by atoms with E-state index < -0.39 is 11.8 Å². The normalized spacial score (nSPS) is 19.1. The van der Waals surface area contributed by atoms with Crippen LogP contribution >= 0.6 is 0 Å². The van der Waals surface area contributed by atoms with Gasteiger partial charge in [0.25, 0.3) is 5.92 Å². The molecule has 14 heavy (non-hydrogen) atoms. The molecule has 0 aliphatic heterocycles. The molecule has 2 heteroatoms. The third-order valence-electron chi connectivity index (χ3n) is 2.92. The van der Waals surface area contributed by atoms with Gasteiger partial charge in [0.1, 0.15) is 0 Å². The predicted octanol–water partition coefficient (Wildman–Crippen LogP) is 4.88. The number of alkyl halides is 2. The highest BCUT2D eigenvalue weighted by Gasteiger charge is 2.42. The molecule has 0 aromatic rings. The molecule has 1 fully saturated rings. The van der Waals surface area contributed by atoms with Crippen LogP contribution in [0, 0.1) is 11.8 Å². The molecule has 1 aliphatic rings. The van der Waals surface area contributed by atoms with E-state index in [-0.39, 0.29) is 5.92 Å². The maximum Gasteiger partial charge on any atom is 0.253 e. The van der Waals surface area contributed by atoms with Crippen molar-refractivity contribution in [3.8, 4) is 0 Å². The molecule has 0 saturated heterocycles. The van der Waals surface area contributed by atoms with Gasteiger partial charge in [-0.05, 0) is 12.8 Å². The smallest absolute Gasteiger partial charge is 0.206 e. The van der Waals surface area contributed by atoms with Crippen LogP contribution < -0.4 is 0 Å². The van der Waals surface area contributed by atoms with Crippen LogP contribution in [0.3, 0.4) is 0 Å². The van der Waals surface area contributed by atoms with Crippen LogP contribution in [0.25, 0.3) is 0 Å². The van der Waals surface area contributed by atoms with E-state index in [2.05, 4.69) is 0 Å². The van der Waals surface area contributed by atoms with Crippen molar-refractivity contribution in [2.45, 2.75) is 65.7 Å². The van der Waals surface area contributed by atoms with Gasteiger partial charge < -0.3 is 0 Å². The Morgan fingerprint density at radius 3 is 1.79 bits per heavy atom. The Balaban J connectivity index is 0.000000791. The zero-order chi connectivity index (χ0) is 11.2. The highest BCUT2D eigenvalue weighted by atomic mass is 19.3. The maximum absolute atomic E-state index is 13.4. The van der Waals surface area contributed by atoms with Gasteiger partial charge in [0.05, 0.1) is 0 Å². The number of rotatable bonds is 2. The molecule has 1 rings (SSSR count). The summed E-state index contributed by atoms with van der Waals surface area (Å²) in [5.41, 5.74) is 0. The summed E-state index contributed by atoms with van der Waals surface area (Å²) >= 11 is 0. The van der Waals surface area contributed by atoms with Crippen molar-refractivity contribution in [2.24, 2.45) is 11.8 Å². The minimum absolute atomic E-state index is 0.341. The molecule has 0 spiro atoms. The van der Waals surface area contributed by atoms with Crippen LogP contribution in [0.5, 0.6) is 0 Å². The van der Waals surface area contributed by atoms with Crippen LogP contribution in [0.15, 0.2) is 0 Å². The van der Waals surface area contributed by atoms with Crippen molar-refractivity contribution in [3.63, 3.8) is 0 Å². The molecule has 0 heterocycles. The molecule has 0 N–H and O–H groups in total. The van der Waals surface area contributed by atoms with E-state index in [0.29, 0.717) is 0 Å². The standard InChI is InChI=1S/C10H18F2.C2H6/c1-8(2)10(11,12)9-6-4-3-5-7-9;1-2/h8-9H,3-7H2,1-2H3;1-2H3. The Bertz CT molecular complexity index is 135. The Labute approximate surface area is 87.1 Å². The second-order valence-corrected chi connectivity index (χ2v) is 4.16. The van der Waals surface area contributed by atoms with Crippen molar-refractivity contribution in [1.82, 2.24) is 0 Å². The Morgan fingerprint density at radius 2 is 1.43 bits per heavy atom. The highest BCUT2D eigenvalue weighted by Crippen LogP contribution is 2.40. The molecular weight excluding hydrogens is 182 g/mol. The topological polar surface area (TPSA) is 0 Å². The summed E-state index contributed by atoms with van der Waals surface area (Å²) in [6.07, 6.45) is 4.58. The summed E-state index contributed by atoms with van der Waals surface area (Å²) in [7, 11) is 0. The molecule has 1 aliphatic carbocycles. The first-order valence-electron chi connectivity index (χ1n) is 5.93. The lowest BCUT2D eigenvalue weighted by atomic mass is 9.80. The number of hydrogen-bond acceptors (Lipinski definition) is 0. The molecule has 0 amide bonds. The highest BCUT2D eigenvalue weighted by molar-refractivity contribution is 4.82. The summed E-state index contributed by atoms with van der Waals surface area (Å²) in [6, 6.07) is 0. The average molecular weight is 206 g/mol. The minimum Gasteiger partial charge on any atom is -0.206 e. The third kappa shape index (κ3) is 3.55. The van der Waals surface area contributed by atoms with Crippen molar-refractivity contribution >= 4 is 0 Å². The zero-order valence-corrected chi connectivity index (χ0v) is 9.95. The van der Waals surface area contributed by atoms with Crippen molar-refractivity contribution in [3.05, 3.63) is 0 Å². The summed E-state index contributed by atoms with van der Waals surface area (Å²) < 4.78 is 26.9. The monoisotopic (exact) mass is 206 g/mol. The lowest BCUT2D eigenvalue weighted by Gasteiger charge is -2.32. The first-order chi connectivity index (χ1) is 6.55. The van der Waals surface area contributed by atoms with Gasteiger partial charge in [-0.15, -0.1) is 0 Å². The van der Waals surface area contributed by atoms with Crippen LogP contribution in [0.4, 0.5) is 8.78 Å². The van der Waals surface area contributed by atoms with E-state index in [9.17, 15) is 8.78 Å². The third-order valence-corrected chi connectivity index (χ3v) is 2.92. The van der Waals surface area contributed by atoms with E-state index in [0.717, 1.165) is 32.1 Å². The SMILES string of the molecule is CC.CC(C)C(F)(F)C1CCCCC1. The molecule has 0 nitrogen and oxygen atoms in total. The van der Waals surface area contributed by atoms with Gasteiger partial charge in [-0.2, -0.15) is 0 Å². The molecule has 1 saturated carbocycles. The van der Waals surface area contributed by atoms with Gasteiger partial charge in [0.2, 0.25) is 0 Å². The zero-order valence-electron chi connectivity index (χ0n) is 9.95. The van der Waals surface area contributed by atoms with Crippen molar-refractivity contribution < 1.29 is 8.78 Å². The van der Waals surface area contributed by atoms with Gasteiger partial charge in [-0.1, -0.05) is 47.0 Å². The molecule has 0 aromatic heterocycles. The fourth-order valence-corrected chi connectivity index (χ4v) is 1.96. The van der Waals surface area contributed by atoms with Crippen LogP contribution in [-0.4, -0.2) is 5.92 Å². The van der Waals surface area contributed by atoms with E-state index in [4.69, 9.17) is 0 Å². The first-order valence-corrected chi connectivity index (χ1v) is 5.93. The van der Waals surface area contributed by atoms with E-state index in [1.54, 1.807) is 13.8 Å². The van der Waals surface area contributed by atoms with Crippen LogP contribution in [0.1, 0.15) is 59.8 Å². The van der Waals surface area contributed by atoms with Crippen LogP contribution in [0.2, 0.25) is 0 Å².